The predicted octanol–water partition coefficient (Wildman–Crippen LogP) is 3.56. The molecule has 16 heavy (non-hydrogen) atoms. The van der Waals surface area contributed by atoms with Crippen molar-refractivity contribution in [3.05, 3.63) is 0 Å². The van der Waals surface area contributed by atoms with E-state index in [0.29, 0.717) is 0 Å². The molecule has 0 unspecified atom stereocenters. The van der Waals surface area contributed by atoms with E-state index in [0.717, 1.165) is 19.1 Å². The molecule has 0 aromatic carbocycles. The average molecular weight is 229 g/mol. The number of unbranched alkanes of at least 4 members (excludes halogenated alkanes) is 2. The molecule has 1 saturated carbocycles. The third-order valence-electron chi connectivity index (χ3n) is 2.90. The van der Waals surface area contributed by atoms with E-state index in [1.165, 1.54) is 45.2 Å². The van der Waals surface area contributed by atoms with Crippen LogP contribution in [0.3, 0.4) is 0 Å². The first-order valence-corrected chi connectivity index (χ1v) is 7.08. The number of methoxy groups -OCH3 is 1. The maximum atomic E-state index is 5.14. The molecule has 0 aromatic rings. The molecule has 98 valence electrons. The van der Waals surface area contributed by atoms with Crippen LogP contribution in [0.5, 0.6) is 0 Å². The summed E-state index contributed by atoms with van der Waals surface area (Å²) in [4.78, 5) is 2.58. The Bertz CT molecular complexity index is 135. The summed E-state index contributed by atoms with van der Waals surface area (Å²) in [6, 6.07) is 0. The minimum Gasteiger partial charge on any atom is -0.383 e. The molecular formula is C14H31NO. The van der Waals surface area contributed by atoms with Gasteiger partial charge < -0.3 is 9.64 Å². The first-order valence-electron chi connectivity index (χ1n) is 7.08. The lowest BCUT2D eigenvalue weighted by atomic mass is 10.2. The lowest BCUT2D eigenvalue weighted by molar-refractivity contribution is 0.143. The minimum atomic E-state index is 0.888. The zero-order valence-corrected chi connectivity index (χ0v) is 11.8. The van der Waals surface area contributed by atoms with Gasteiger partial charge in [0.25, 0.3) is 0 Å². The molecule has 0 aromatic heterocycles. The van der Waals surface area contributed by atoms with Gasteiger partial charge in [-0.2, -0.15) is 0 Å². The molecule has 0 saturated heterocycles. The van der Waals surface area contributed by atoms with Crippen molar-refractivity contribution in [2.45, 2.75) is 52.9 Å². The molecule has 0 atom stereocenters. The molecule has 1 aliphatic rings. The van der Waals surface area contributed by atoms with Crippen LogP contribution in [-0.2, 0) is 4.74 Å². The van der Waals surface area contributed by atoms with Crippen LogP contribution in [0.2, 0.25) is 0 Å². The quantitative estimate of drug-likeness (QED) is 0.561. The lowest BCUT2D eigenvalue weighted by Crippen LogP contribution is -2.30. The van der Waals surface area contributed by atoms with Crippen LogP contribution in [0.1, 0.15) is 52.9 Å². The monoisotopic (exact) mass is 229 g/mol. The fourth-order valence-electron chi connectivity index (χ4n) is 1.77. The molecule has 1 aliphatic carbocycles. The van der Waals surface area contributed by atoms with Crippen molar-refractivity contribution in [2.75, 3.05) is 33.4 Å². The summed E-state index contributed by atoms with van der Waals surface area (Å²) in [5.74, 6) is 1.01. The number of ether oxygens (including phenoxy) is 1. The van der Waals surface area contributed by atoms with Crippen LogP contribution >= 0.6 is 0 Å². The first-order chi connectivity index (χ1) is 7.86. The van der Waals surface area contributed by atoms with E-state index in [1.807, 2.05) is 13.8 Å². The van der Waals surface area contributed by atoms with E-state index in [-0.39, 0.29) is 0 Å². The maximum absolute atomic E-state index is 5.14. The summed E-state index contributed by atoms with van der Waals surface area (Å²) in [6.07, 6.45) is 6.96. The van der Waals surface area contributed by atoms with Crippen molar-refractivity contribution in [2.24, 2.45) is 5.92 Å². The standard InChI is InChI=1S/C12H25NO.C2H6/c1-3-4-5-8-13(9-10-14-2)11-12-6-7-12;1-2/h12H,3-11H2,1-2H3;1-2H3. The number of nitrogens with zero attached hydrogens (tertiary/aromatic N) is 1. The van der Waals surface area contributed by atoms with Crippen LogP contribution in [0.15, 0.2) is 0 Å². The van der Waals surface area contributed by atoms with Crippen LogP contribution in [0.25, 0.3) is 0 Å². The van der Waals surface area contributed by atoms with Gasteiger partial charge in [0, 0.05) is 20.2 Å². The summed E-state index contributed by atoms with van der Waals surface area (Å²) in [5, 5.41) is 0. The van der Waals surface area contributed by atoms with Gasteiger partial charge in [0.2, 0.25) is 0 Å². The Morgan fingerprint density at radius 1 is 1.12 bits per heavy atom. The summed E-state index contributed by atoms with van der Waals surface area (Å²) < 4.78 is 5.14. The van der Waals surface area contributed by atoms with Gasteiger partial charge in [-0.15, -0.1) is 0 Å². The Balaban J connectivity index is 0.00000106. The van der Waals surface area contributed by atoms with Gasteiger partial charge in [0.05, 0.1) is 6.61 Å². The van der Waals surface area contributed by atoms with Gasteiger partial charge in [-0.25, -0.2) is 0 Å². The van der Waals surface area contributed by atoms with E-state index in [4.69, 9.17) is 4.74 Å². The van der Waals surface area contributed by atoms with Crippen LogP contribution in [0.4, 0.5) is 0 Å². The van der Waals surface area contributed by atoms with E-state index in [1.54, 1.807) is 7.11 Å². The molecule has 0 N–H and O–H groups in total. The van der Waals surface area contributed by atoms with Crippen LogP contribution in [0, 0.1) is 5.92 Å². The van der Waals surface area contributed by atoms with Crippen LogP contribution in [-0.4, -0.2) is 38.3 Å². The molecule has 0 amide bonds. The zero-order chi connectivity index (χ0) is 12.2. The van der Waals surface area contributed by atoms with Crippen molar-refractivity contribution in [1.82, 2.24) is 4.90 Å². The second-order valence-electron chi connectivity index (χ2n) is 4.44. The predicted molar refractivity (Wildman–Crippen MR) is 71.9 cm³/mol. The highest BCUT2D eigenvalue weighted by molar-refractivity contribution is 4.77. The molecule has 2 heteroatoms. The molecular weight excluding hydrogens is 198 g/mol. The Morgan fingerprint density at radius 2 is 1.81 bits per heavy atom. The second-order valence-corrected chi connectivity index (χ2v) is 4.44. The summed E-state index contributed by atoms with van der Waals surface area (Å²) in [6.45, 7) is 10.9. The van der Waals surface area contributed by atoms with Crippen molar-refractivity contribution in [1.29, 1.82) is 0 Å². The molecule has 0 heterocycles. The van der Waals surface area contributed by atoms with Crippen molar-refractivity contribution in [3.8, 4) is 0 Å². The van der Waals surface area contributed by atoms with Crippen LogP contribution < -0.4 is 0 Å². The second kappa shape index (κ2) is 11.4. The highest BCUT2D eigenvalue weighted by Gasteiger charge is 2.23. The first kappa shape index (κ1) is 15.9. The summed E-state index contributed by atoms with van der Waals surface area (Å²) >= 11 is 0. The molecule has 0 bridgehead atoms. The van der Waals surface area contributed by atoms with Gasteiger partial charge in [0.15, 0.2) is 0 Å². The maximum Gasteiger partial charge on any atom is 0.0589 e. The van der Waals surface area contributed by atoms with Crippen molar-refractivity contribution < 1.29 is 4.74 Å². The van der Waals surface area contributed by atoms with E-state index >= 15 is 0 Å². The van der Waals surface area contributed by atoms with Gasteiger partial charge >= 0.3 is 0 Å². The highest BCUT2D eigenvalue weighted by atomic mass is 16.5. The van der Waals surface area contributed by atoms with Gasteiger partial charge in [0.1, 0.15) is 0 Å². The van der Waals surface area contributed by atoms with E-state index in [2.05, 4.69) is 11.8 Å². The molecule has 1 rings (SSSR count). The van der Waals surface area contributed by atoms with E-state index in [9.17, 15) is 0 Å². The summed E-state index contributed by atoms with van der Waals surface area (Å²) in [7, 11) is 1.79. The van der Waals surface area contributed by atoms with Gasteiger partial charge in [-0.1, -0.05) is 33.6 Å². The van der Waals surface area contributed by atoms with Gasteiger partial charge in [-0.05, 0) is 31.7 Å². The molecule has 0 radical (unpaired) electrons. The number of hydrogen-bond acceptors (Lipinski definition) is 2. The lowest BCUT2D eigenvalue weighted by Gasteiger charge is -2.21. The fraction of sp³-hybridized carbons (Fsp3) is 1.00. The Hall–Kier alpha value is -0.0800. The number of rotatable bonds is 9. The SMILES string of the molecule is CC.CCCCCN(CCOC)CC1CC1. The van der Waals surface area contributed by atoms with Crippen molar-refractivity contribution in [3.63, 3.8) is 0 Å². The Morgan fingerprint density at radius 3 is 2.31 bits per heavy atom. The topological polar surface area (TPSA) is 12.5 Å². The Labute approximate surface area is 102 Å². The summed E-state index contributed by atoms with van der Waals surface area (Å²) in [5.41, 5.74) is 0. The highest BCUT2D eigenvalue weighted by Crippen LogP contribution is 2.29. The largest absolute Gasteiger partial charge is 0.383 e. The number of hydrogen-bond donors (Lipinski definition) is 0. The third-order valence-corrected chi connectivity index (χ3v) is 2.90. The molecule has 0 aliphatic heterocycles. The zero-order valence-electron chi connectivity index (χ0n) is 11.8. The average Bonchev–Trinajstić information content (AvgIpc) is 3.12. The third kappa shape index (κ3) is 9.17. The smallest absolute Gasteiger partial charge is 0.0589 e. The normalized spacial score (nSPS) is 14.8. The fourth-order valence-corrected chi connectivity index (χ4v) is 1.77. The van der Waals surface area contributed by atoms with Gasteiger partial charge in [-0.3, -0.25) is 0 Å². The Kier molecular flexibility index (Phi) is 11.3. The molecule has 1 fully saturated rings. The molecule has 2 nitrogen and oxygen atoms in total. The molecule has 0 spiro atoms. The van der Waals surface area contributed by atoms with E-state index < -0.39 is 0 Å². The van der Waals surface area contributed by atoms with Crippen molar-refractivity contribution >= 4 is 0 Å². The minimum absolute atomic E-state index is 0.888.